The molecule has 3 heteroatoms. The maximum absolute atomic E-state index is 12.8. The van der Waals surface area contributed by atoms with Gasteiger partial charge in [-0.05, 0) is 50.9 Å². The van der Waals surface area contributed by atoms with Crippen molar-refractivity contribution in [2.24, 2.45) is 11.8 Å². The van der Waals surface area contributed by atoms with E-state index >= 15 is 0 Å². The van der Waals surface area contributed by atoms with Crippen LogP contribution in [-0.4, -0.2) is 35.5 Å². The summed E-state index contributed by atoms with van der Waals surface area (Å²) in [6.07, 6.45) is 10.2. The number of fused-ring (bicyclic) bond motifs is 3. The smallest absolute Gasteiger partial charge is 0.227 e. The molecular formula is C15H24N2O. The summed E-state index contributed by atoms with van der Waals surface area (Å²) in [7, 11) is 0. The van der Waals surface area contributed by atoms with Crippen molar-refractivity contribution in [3.8, 4) is 0 Å². The molecule has 1 aliphatic carbocycles. The standard InChI is InChI=1S/C15H24N2O/c18-15(12-9-11-6-7-13(12)16-11)17-8-2-4-10-3-1-5-14(10)17/h10-14,16H,1-9H2. The van der Waals surface area contributed by atoms with E-state index in [0.717, 1.165) is 18.9 Å². The molecule has 0 aromatic rings. The van der Waals surface area contributed by atoms with Crippen LogP contribution in [0.4, 0.5) is 0 Å². The third-order valence-corrected chi connectivity index (χ3v) is 5.89. The summed E-state index contributed by atoms with van der Waals surface area (Å²) in [6.45, 7) is 1.04. The lowest BCUT2D eigenvalue weighted by Crippen LogP contribution is -2.50. The van der Waals surface area contributed by atoms with Gasteiger partial charge in [0.25, 0.3) is 0 Å². The number of likely N-dealkylation sites (tertiary alicyclic amines) is 1. The minimum atomic E-state index is 0.308. The first kappa shape index (κ1) is 11.3. The molecule has 4 aliphatic rings. The van der Waals surface area contributed by atoms with E-state index in [1.54, 1.807) is 0 Å². The van der Waals surface area contributed by atoms with Gasteiger partial charge in [0.15, 0.2) is 0 Å². The van der Waals surface area contributed by atoms with Gasteiger partial charge in [-0.1, -0.05) is 6.42 Å². The fourth-order valence-electron chi connectivity index (χ4n) is 5.04. The van der Waals surface area contributed by atoms with Crippen LogP contribution < -0.4 is 5.32 Å². The molecule has 1 amide bonds. The first-order valence-electron chi connectivity index (χ1n) is 7.89. The number of hydrogen-bond donors (Lipinski definition) is 1. The first-order chi connectivity index (χ1) is 8.83. The molecule has 4 rings (SSSR count). The van der Waals surface area contributed by atoms with Crippen molar-refractivity contribution in [2.75, 3.05) is 6.54 Å². The Morgan fingerprint density at radius 2 is 1.94 bits per heavy atom. The summed E-state index contributed by atoms with van der Waals surface area (Å²) in [4.78, 5) is 15.1. The van der Waals surface area contributed by atoms with Gasteiger partial charge in [0.2, 0.25) is 5.91 Å². The number of carbonyl (C=O) groups excluding carboxylic acids is 1. The zero-order chi connectivity index (χ0) is 12.1. The van der Waals surface area contributed by atoms with Crippen LogP contribution >= 0.6 is 0 Å². The van der Waals surface area contributed by atoms with E-state index in [1.807, 2.05) is 0 Å². The Balaban J connectivity index is 1.50. The maximum atomic E-state index is 12.8. The zero-order valence-corrected chi connectivity index (χ0v) is 11.1. The van der Waals surface area contributed by atoms with Crippen molar-refractivity contribution in [3.05, 3.63) is 0 Å². The number of rotatable bonds is 1. The van der Waals surface area contributed by atoms with Gasteiger partial charge in [0, 0.05) is 24.7 Å². The van der Waals surface area contributed by atoms with E-state index in [0.29, 0.717) is 30.0 Å². The van der Waals surface area contributed by atoms with Crippen LogP contribution in [0.25, 0.3) is 0 Å². The van der Waals surface area contributed by atoms with Gasteiger partial charge < -0.3 is 10.2 Å². The summed E-state index contributed by atoms with van der Waals surface area (Å²) in [5, 5.41) is 3.61. The Morgan fingerprint density at radius 3 is 2.72 bits per heavy atom. The molecule has 4 fully saturated rings. The van der Waals surface area contributed by atoms with Crippen molar-refractivity contribution < 1.29 is 4.79 Å². The molecule has 5 unspecified atom stereocenters. The number of amides is 1. The predicted octanol–water partition coefficient (Wildman–Crippen LogP) is 1.92. The van der Waals surface area contributed by atoms with Gasteiger partial charge in [-0.25, -0.2) is 0 Å². The Hall–Kier alpha value is -0.570. The van der Waals surface area contributed by atoms with Crippen LogP contribution in [0.15, 0.2) is 0 Å². The van der Waals surface area contributed by atoms with E-state index in [9.17, 15) is 4.79 Å². The molecule has 0 radical (unpaired) electrons. The predicted molar refractivity (Wildman–Crippen MR) is 70.1 cm³/mol. The SMILES string of the molecule is O=C(C1CC2CCC1N2)N1CCCC2CCCC21. The molecule has 1 N–H and O–H groups in total. The van der Waals surface area contributed by atoms with Gasteiger partial charge >= 0.3 is 0 Å². The molecule has 0 spiro atoms. The summed E-state index contributed by atoms with van der Waals surface area (Å²) < 4.78 is 0. The molecule has 3 aliphatic heterocycles. The van der Waals surface area contributed by atoms with E-state index in [-0.39, 0.29) is 0 Å². The van der Waals surface area contributed by atoms with Crippen LogP contribution in [0.3, 0.4) is 0 Å². The highest BCUT2D eigenvalue weighted by atomic mass is 16.2. The molecule has 0 aromatic heterocycles. The Bertz CT molecular complexity index is 356. The van der Waals surface area contributed by atoms with Crippen molar-refractivity contribution in [1.29, 1.82) is 0 Å². The minimum absolute atomic E-state index is 0.308. The lowest BCUT2D eigenvalue weighted by molar-refractivity contribution is -0.141. The molecule has 2 bridgehead atoms. The molecule has 18 heavy (non-hydrogen) atoms. The monoisotopic (exact) mass is 248 g/mol. The highest BCUT2D eigenvalue weighted by molar-refractivity contribution is 5.80. The second kappa shape index (κ2) is 4.22. The summed E-state index contributed by atoms with van der Waals surface area (Å²) >= 11 is 0. The summed E-state index contributed by atoms with van der Waals surface area (Å²) in [5.41, 5.74) is 0. The number of carbonyl (C=O) groups is 1. The molecule has 3 nitrogen and oxygen atoms in total. The minimum Gasteiger partial charge on any atom is -0.339 e. The highest BCUT2D eigenvalue weighted by Crippen LogP contribution is 2.40. The van der Waals surface area contributed by atoms with E-state index in [1.165, 1.54) is 44.9 Å². The second-order valence-corrected chi connectivity index (χ2v) is 6.82. The molecule has 100 valence electrons. The van der Waals surface area contributed by atoms with Crippen molar-refractivity contribution in [2.45, 2.75) is 69.5 Å². The van der Waals surface area contributed by atoms with E-state index in [2.05, 4.69) is 10.2 Å². The van der Waals surface area contributed by atoms with Gasteiger partial charge in [0.1, 0.15) is 0 Å². The average Bonchev–Trinajstić information content (AvgIpc) is 3.12. The van der Waals surface area contributed by atoms with Gasteiger partial charge in [0.05, 0.1) is 5.92 Å². The number of nitrogens with one attached hydrogen (secondary N) is 1. The Morgan fingerprint density at radius 1 is 1.06 bits per heavy atom. The molecule has 5 atom stereocenters. The molecule has 3 heterocycles. The quantitative estimate of drug-likeness (QED) is 0.769. The number of piperidine rings is 1. The van der Waals surface area contributed by atoms with Gasteiger partial charge in [-0.2, -0.15) is 0 Å². The Kier molecular flexibility index (Phi) is 2.65. The van der Waals surface area contributed by atoms with Gasteiger partial charge in [-0.3, -0.25) is 4.79 Å². The zero-order valence-electron chi connectivity index (χ0n) is 11.1. The van der Waals surface area contributed by atoms with Crippen LogP contribution in [0.5, 0.6) is 0 Å². The fraction of sp³-hybridized carbons (Fsp3) is 0.933. The van der Waals surface area contributed by atoms with E-state index in [4.69, 9.17) is 0 Å². The van der Waals surface area contributed by atoms with Crippen LogP contribution in [0.2, 0.25) is 0 Å². The second-order valence-electron chi connectivity index (χ2n) is 6.82. The van der Waals surface area contributed by atoms with Gasteiger partial charge in [-0.15, -0.1) is 0 Å². The normalized spacial score (nSPS) is 46.4. The molecule has 1 saturated carbocycles. The first-order valence-corrected chi connectivity index (χ1v) is 7.89. The van der Waals surface area contributed by atoms with Crippen LogP contribution in [-0.2, 0) is 4.79 Å². The topological polar surface area (TPSA) is 32.3 Å². The van der Waals surface area contributed by atoms with E-state index < -0.39 is 0 Å². The van der Waals surface area contributed by atoms with Crippen molar-refractivity contribution in [3.63, 3.8) is 0 Å². The number of hydrogen-bond acceptors (Lipinski definition) is 2. The highest BCUT2D eigenvalue weighted by Gasteiger charge is 2.47. The van der Waals surface area contributed by atoms with Crippen LogP contribution in [0, 0.1) is 11.8 Å². The largest absolute Gasteiger partial charge is 0.339 e. The lowest BCUT2D eigenvalue weighted by atomic mass is 9.85. The summed E-state index contributed by atoms with van der Waals surface area (Å²) in [6, 6.07) is 1.75. The average molecular weight is 248 g/mol. The summed E-state index contributed by atoms with van der Waals surface area (Å²) in [5.74, 6) is 1.63. The third kappa shape index (κ3) is 1.63. The molecule has 3 saturated heterocycles. The Labute approximate surface area is 109 Å². The molecular weight excluding hydrogens is 224 g/mol. The third-order valence-electron chi connectivity index (χ3n) is 5.89. The lowest BCUT2D eigenvalue weighted by Gasteiger charge is -2.40. The fourth-order valence-corrected chi connectivity index (χ4v) is 5.04. The molecule has 0 aromatic carbocycles. The number of nitrogens with zero attached hydrogens (tertiary/aromatic N) is 1. The van der Waals surface area contributed by atoms with Crippen molar-refractivity contribution in [1.82, 2.24) is 10.2 Å². The van der Waals surface area contributed by atoms with Crippen molar-refractivity contribution >= 4 is 5.91 Å². The maximum Gasteiger partial charge on any atom is 0.227 e. The van der Waals surface area contributed by atoms with Crippen LogP contribution in [0.1, 0.15) is 51.4 Å².